The molecule has 1 N–H and O–H groups in total. The molecule has 2 aromatic carbocycles. The summed E-state index contributed by atoms with van der Waals surface area (Å²) in [5.74, 6) is 0.817. The van der Waals surface area contributed by atoms with Crippen LogP contribution in [0.15, 0.2) is 41.3 Å². The number of anilines is 1. The van der Waals surface area contributed by atoms with Gasteiger partial charge in [0.1, 0.15) is 17.6 Å². The Labute approximate surface area is 155 Å². The molecule has 27 heavy (non-hydrogen) atoms. The highest BCUT2D eigenvalue weighted by Crippen LogP contribution is 2.39. The van der Waals surface area contributed by atoms with Crippen molar-refractivity contribution in [3.05, 3.63) is 47.5 Å². The van der Waals surface area contributed by atoms with E-state index in [0.29, 0.717) is 30.6 Å². The molecule has 0 aromatic heterocycles. The van der Waals surface area contributed by atoms with Gasteiger partial charge in [-0.1, -0.05) is 6.07 Å². The maximum absolute atomic E-state index is 12.9. The van der Waals surface area contributed by atoms with Gasteiger partial charge >= 0.3 is 6.18 Å². The van der Waals surface area contributed by atoms with E-state index in [0.717, 1.165) is 23.8 Å². The predicted molar refractivity (Wildman–Crippen MR) is 93.7 cm³/mol. The molecule has 1 aliphatic heterocycles. The predicted octanol–water partition coefficient (Wildman–Crippen LogP) is 4.23. The van der Waals surface area contributed by atoms with Crippen molar-refractivity contribution in [2.45, 2.75) is 37.4 Å². The molecule has 1 unspecified atom stereocenters. The molecule has 3 rings (SSSR count). The molecule has 2 aromatic rings. The van der Waals surface area contributed by atoms with Gasteiger partial charge in [-0.15, -0.1) is 0 Å². The number of halogens is 3. The van der Waals surface area contributed by atoms with Crippen molar-refractivity contribution in [3.63, 3.8) is 0 Å². The van der Waals surface area contributed by atoms with Gasteiger partial charge in [0.2, 0.25) is 0 Å². The molecule has 9 heteroatoms. The van der Waals surface area contributed by atoms with E-state index >= 15 is 0 Å². The van der Waals surface area contributed by atoms with Crippen LogP contribution in [-0.2, 0) is 22.6 Å². The molecule has 5 nitrogen and oxygen atoms in total. The first-order chi connectivity index (χ1) is 12.6. The number of fused-ring (bicyclic) bond motifs is 1. The summed E-state index contributed by atoms with van der Waals surface area (Å²) in [6, 6.07) is 6.74. The number of hydrogen-bond acceptors (Lipinski definition) is 4. The van der Waals surface area contributed by atoms with Gasteiger partial charge in [0.25, 0.3) is 10.0 Å². The SMILES string of the molecule is CCOc1cc2c(cc1NS(=O)(=O)c1cccc(C(F)(F)F)c1)OC(C)C2. The Balaban J connectivity index is 1.98. The fraction of sp³-hybridized carbons (Fsp3) is 0.333. The zero-order chi connectivity index (χ0) is 19.8. The molecule has 0 amide bonds. The minimum atomic E-state index is -4.64. The van der Waals surface area contributed by atoms with E-state index in [1.807, 2.05) is 6.92 Å². The van der Waals surface area contributed by atoms with Crippen LogP contribution in [0.5, 0.6) is 11.5 Å². The molecular formula is C18H18F3NO4S. The summed E-state index contributed by atoms with van der Waals surface area (Å²) in [5.41, 5.74) is -0.0448. The molecule has 0 saturated carbocycles. The van der Waals surface area contributed by atoms with Gasteiger partial charge in [0, 0.05) is 18.1 Å². The number of alkyl halides is 3. The Hall–Kier alpha value is -2.42. The van der Waals surface area contributed by atoms with Crippen LogP contribution in [0.25, 0.3) is 0 Å². The summed E-state index contributed by atoms with van der Waals surface area (Å²) in [7, 11) is -4.25. The largest absolute Gasteiger partial charge is 0.492 e. The van der Waals surface area contributed by atoms with E-state index in [-0.39, 0.29) is 11.8 Å². The van der Waals surface area contributed by atoms with Crippen molar-refractivity contribution in [1.29, 1.82) is 0 Å². The number of ether oxygens (including phenoxy) is 2. The highest BCUT2D eigenvalue weighted by Gasteiger charge is 2.32. The quantitative estimate of drug-likeness (QED) is 0.815. The summed E-state index contributed by atoms with van der Waals surface area (Å²) >= 11 is 0. The van der Waals surface area contributed by atoms with E-state index in [1.165, 1.54) is 6.07 Å². The molecule has 0 aliphatic carbocycles. The molecule has 146 valence electrons. The standard InChI is InChI=1S/C18H18F3NO4S/c1-3-25-17-8-12-7-11(2)26-16(12)10-15(17)22-27(23,24)14-6-4-5-13(9-14)18(19,20)21/h4-6,8-11,22H,3,7H2,1-2H3. The van der Waals surface area contributed by atoms with E-state index in [2.05, 4.69) is 4.72 Å². The third-order valence-electron chi connectivity index (χ3n) is 4.01. The molecular weight excluding hydrogens is 383 g/mol. The molecule has 1 atom stereocenters. The van der Waals surface area contributed by atoms with Crippen LogP contribution < -0.4 is 14.2 Å². The lowest BCUT2D eigenvalue weighted by molar-refractivity contribution is -0.137. The maximum Gasteiger partial charge on any atom is 0.416 e. The van der Waals surface area contributed by atoms with Gasteiger partial charge in [0.15, 0.2) is 0 Å². The van der Waals surface area contributed by atoms with Gasteiger partial charge in [-0.05, 0) is 38.1 Å². The van der Waals surface area contributed by atoms with E-state index < -0.39 is 26.7 Å². The van der Waals surface area contributed by atoms with Crippen molar-refractivity contribution < 1.29 is 31.1 Å². The maximum atomic E-state index is 12.9. The lowest BCUT2D eigenvalue weighted by Gasteiger charge is -2.15. The van der Waals surface area contributed by atoms with Gasteiger partial charge in [-0.3, -0.25) is 4.72 Å². The number of hydrogen-bond donors (Lipinski definition) is 1. The van der Waals surface area contributed by atoms with Crippen LogP contribution in [0.1, 0.15) is 25.0 Å². The highest BCUT2D eigenvalue weighted by molar-refractivity contribution is 7.92. The Kier molecular flexibility index (Phi) is 4.98. The average Bonchev–Trinajstić information content (AvgIpc) is 2.93. The molecule has 0 spiro atoms. The zero-order valence-corrected chi connectivity index (χ0v) is 15.4. The van der Waals surface area contributed by atoms with Crippen molar-refractivity contribution >= 4 is 15.7 Å². The Bertz CT molecular complexity index is 958. The second kappa shape index (κ2) is 6.95. The first kappa shape index (κ1) is 19.3. The molecule has 0 saturated heterocycles. The summed E-state index contributed by atoms with van der Waals surface area (Å²) < 4.78 is 77.3. The summed E-state index contributed by atoms with van der Waals surface area (Å²) in [4.78, 5) is -0.491. The van der Waals surface area contributed by atoms with Crippen LogP contribution >= 0.6 is 0 Å². The summed E-state index contributed by atoms with van der Waals surface area (Å²) in [6.07, 6.45) is -4.03. The van der Waals surface area contributed by atoms with Crippen molar-refractivity contribution in [2.75, 3.05) is 11.3 Å². The van der Waals surface area contributed by atoms with Gasteiger partial charge in [0.05, 0.1) is 22.8 Å². The van der Waals surface area contributed by atoms with Crippen LogP contribution in [0, 0.1) is 0 Å². The third-order valence-corrected chi connectivity index (χ3v) is 5.38. The Morgan fingerprint density at radius 2 is 2.00 bits per heavy atom. The molecule has 0 fully saturated rings. The van der Waals surface area contributed by atoms with E-state index in [4.69, 9.17) is 9.47 Å². The minimum Gasteiger partial charge on any atom is -0.492 e. The summed E-state index contributed by atoms with van der Waals surface area (Å²) in [5, 5.41) is 0. The second-order valence-electron chi connectivity index (χ2n) is 6.15. The highest BCUT2D eigenvalue weighted by atomic mass is 32.2. The molecule has 0 radical (unpaired) electrons. The van der Waals surface area contributed by atoms with E-state index in [9.17, 15) is 21.6 Å². The lowest BCUT2D eigenvalue weighted by atomic mass is 10.1. The van der Waals surface area contributed by atoms with Crippen molar-refractivity contribution in [1.82, 2.24) is 0 Å². The fourth-order valence-electron chi connectivity index (χ4n) is 2.84. The van der Waals surface area contributed by atoms with Crippen LogP contribution in [0.2, 0.25) is 0 Å². The van der Waals surface area contributed by atoms with Crippen LogP contribution in [-0.4, -0.2) is 21.1 Å². The number of rotatable bonds is 5. The second-order valence-corrected chi connectivity index (χ2v) is 7.84. The lowest BCUT2D eigenvalue weighted by Crippen LogP contribution is -2.15. The van der Waals surface area contributed by atoms with Crippen molar-refractivity contribution in [2.24, 2.45) is 0 Å². The smallest absolute Gasteiger partial charge is 0.416 e. The van der Waals surface area contributed by atoms with E-state index in [1.54, 1.807) is 13.0 Å². The van der Waals surface area contributed by atoms with Gasteiger partial charge in [-0.25, -0.2) is 8.42 Å². The van der Waals surface area contributed by atoms with Crippen molar-refractivity contribution in [3.8, 4) is 11.5 Å². The monoisotopic (exact) mass is 401 g/mol. The Morgan fingerprint density at radius 1 is 1.26 bits per heavy atom. The molecule has 0 bridgehead atoms. The first-order valence-corrected chi connectivity index (χ1v) is 9.75. The summed E-state index contributed by atoms with van der Waals surface area (Å²) in [6.45, 7) is 3.93. The average molecular weight is 401 g/mol. The van der Waals surface area contributed by atoms with Gasteiger partial charge < -0.3 is 9.47 Å². The minimum absolute atomic E-state index is 0.0511. The Morgan fingerprint density at radius 3 is 2.67 bits per heavy atom. The topological polar surface area (TPSA) is 64.6 Å². The number of nitrogens with one attached hydrogen (secondary N) is 1. The van der Waals surface area contributed by atoms with Crippen LogP contribution in [0.3, 0.4) is 0 Å². The normalized spacial score (nSPS) is 16.6. The zero-order valence-electron chi connectivity index (χ0n) is 14.6. The third kappa shape index (κ3) is 4.13. The molecule has 1 heterocycles. The fourth-order valence-corrected chi connectivity index (χ4v) is 3.94. The van der Waals surface area contributed by atoms with Crippen LogP contribution in [0.4, 0.5) is 18.9 Å². The molecule has 1 aliphatic rings. The van der Waals surface area contributed by atoms with Gasteiger partial charge in [-0.2, -0.15) is 13.2 Å². The number of benzene rings is 2. The number of sulfonamides is 1. The first-order valence-electron chi connectivity index (χ1n) is 8.26.